The van der Waals surface area contributed by atoms with Crippen molar-refractivity contribution in [2.45, 2.75) is 0 Å². The zero-order chi connectivity index (χ0) is 13.0. The van der Waals surface area contributed by atoms with Crippen LogP contribution in [0.3, 0.4) is 0 Å². The van der Waals surface area contributed by atoms with Gasteiger partial charge in [-0.25, -0.2) is 0 Å². The minimum absolute atomic E-state index is 0.0179. The van der Waals surface area contributed by atoms with Gasteiger partial charge in [0.25, 0.3) is 5.69 Å². The minimum atomic E-state index is -0.462. The largest absolute Gasteiger partial charge is 0.269 e. The number of benzene rings is 1. The van der Waals surface area contributed by atoms with Crippen LogP contribution in [0.15, 0.2) is 30.3 Å². The molecule has 4 heteroatoms. The molecule has 0 unspecified atom stereocenters. The molecule has 1 aromatic carbocycles. The summed E-state index contributed by atoms with van der Waals surface area (Å²) in [6.07, 6.45) is 9.31. The molecular formula is C14H9N2O2. The van der Waals surface area contributed by atoms with Crippen molar-refractivity contribution < 1.29 is 4.92 Å². The van der Waals surface area contributed by atoms with Crippen LogP contribution < -0.4 is 0 Å². The number of nitro groups is 1. The Hall–Kier alpha value is -2.15. The zero-order valence-electron chi connectivity index (χ0n) is 9.41. The van der Waals surface area contributed by atoms with E-state index in [4.69, 9.17) is 5.26 Å². The first-order chi connectivity index (χ1) is 8.70. The Labute approximate surface area is 106 Å². The Morgan fingerprint density at radius 2 is 1.83 bits per heavy atom. The lowest BCUT2D eigenvalue weighted by molar-refractivity contribution is -0.384. The first kappa shape index (κ1) is 12.3. The summed E-state index contributed by atoms with van der Waals surface area (Å²) >= 11 is 0. The van der Waals surface area contributed by atoms with Gasteiger partial charge in [0.05, 0.1) is 16.6 Å². The summed E-state index contributed by atoms with van der Waals surface area (Å²) in [5.41, 5.74) is 1.17. The second-order valence-electron chi connectivity index (χ2n) is 3.69. The molecule has 1 aliphatic rings. The molecule has 0 spiro atoms. The summed E-state index contributed by atoms with van der Waals surface area (Å²) in [5.74, 6) is 0.935. The van der Waals surface area contributed by atoms with Crippen molar-refractivity contribution in [3.8, 4) is 6.07 Å². The SMILES string of the molecule is N#C/C(=C\[C]1[CH][CH][CH][CH]1)c1ccc([N+](=O)[O-])cc1. The number of hydrogen-bond acceptors (Lipinski definition) is 3. The molecule has 0 heterocycles. The molecule has 2 rings (SSSR count). The summed E-state index contributed by atoms with van der Waals surface area (Å²) < 4.78 is 0. The summed E-state index contributed by atoms with van der Waals surface area (Å²) in [5, 5.41) is 19.6. The molecule has 0 aromatic heterocycles. The van der Waals surface area contributed by atoms with Crippen molar-refractivity contribution in [3.63, 3.8) is 0 Å². The highest BCUT2D eigenvalue weighted by molar-refractivity contribution is 5.79. The number of nitrogens with zero attached hydrogens (tertiary/aromatic N) is 2. The lowest BCUT2D eigenvalue weighted by atomic mass is 9.99. The number of hydrogen-bond donors (Lipinski definition) is 0. The van der Waals surface area contributed by atoms with Gasteiger partial charge in [-0.3, -0.25) is 10.1 Å². The number of rotatable bonds is 3. The second-order valence-corrected chi connectivity index (χ2v) is 3.69. The average Bonchev–Trinajstić information content (AvgIpc) is 2.89. The van der Waals surface area contributed by atoms with Crippen molar-refractivity contribution in [1.82, 2.24) is 0 Å². The van der Waals surface area contributed by atoms with E-state index in [1.54, 1.807) is 18.2 Å². The highest BCUT2D eigenvalue weighted by Crippen LogP contribution is 2.28. The third kappa shape index (κ3) is 2.75. The van der Waals surface area contributed by atoms with Gasteiger partial charge >= 0.3 is 0 Å². The maximum absolute atomic E-state index is 10.5. The fourth-order valence-electron chi connectivity index (χ4n) is 1.59. The van der Waals surface area contributed by atoms with Crippen LogP contribution in [0.1, 0.15) is 5.56 Å². The maximum atomic E-state index is 10.5. The monoisotopic (exact) mass is 237 g/mol. The molecule has 87 valence electrons. The van der Waals surface area contributed by atoms with Gasteiger partial charge in [-0.15, -0.1) is 0 Å². The molecule has 0 bridgehead atoms. The Kier molecular flexibility index (Phi) is 3.73. The molecule has 1 saturated carbocycles. The van der Waals surface area contributed by atoms with Crippen LogP contribution in [-0.4, -0.2) is 4.92 Å². The van der Waals surface area contributed by atoms with Crippen LogP contribution in [0.25, 0.3) is 5.57 Å². The smallest absolute Gasteiger partial charge is 0.258 e. The van der Waals surface area contributed by atoms with Gasteiger partial charge in [0.2, 0.25) is 0 Å². The van der Waals surface area contributed by atoms with Gasteiger partial charge in [0, 0.05) is 18.1 Å². The van der Waals surface area contributed by atoms with Crippen molar-refractivity contribution in [1.29, 1.82) is 5.26 Å². The van der Waals surface area contributed by atoms with Gasteiger partial charge in [0.1, 0.15) is 0 Å². The third-order valence-corrected chi connectivity index (χ3v) is 2.51. The summed E-state index contributed by atoms with van der Waals surface area (Å²) in [6, 6.07) is 8.04. The van der Waals surface area contributed by atoms with E-state index < -0.39 is 4.92 Å². The minimum Gasteiger partial charge on any atom is -0.258 e. The first-order valence-electron chi connectivity index (χ1n) is 5.29. The first-order valence-corrected chi connectivity index (χ1v) is 5.29. The molecule has 0 N–H and O–H groups in total. The Morgan fingerprint density at radius 1 is 1.22 bits per heavy atom. The lowest BCUT2D eigenvalue weighted by Crippen LogP contribution is -1.91. The van der Waals surface area contributed by atoms with Crippen molar-refractivity contribution >= 4 is 11.3 Å². The molecule has 1 aromatic rings. The number of non-ortho nitro benzene ring substituents is 1. The van der Waals surface area contributed by atoms with Gasteiger partial charge < -0.3 is 0 Å². The van der Waals surface area contributed by atoms with Crippen LogP contribution in [0, 0.1) is 53.0 Å². The average molecular weight is 237 g/mol. The third-order valence-electron chi connectivity index (χ3n) is 2.51. The van der Waals surface area contributed by atoms with E-state index >= 15 is 0 Å². The fourth-order valence-corrected chi connectivity index (χ4v) is 1.59. The van der Waals surface area contributed by atoms with E-state index in [1.807, 2.05) is 25.7 Å². The summed E-state index contributed by atoms with van der Waals surface area (Å²) in [7, 11) is 0. The van der Waals surface area contributed by atoms with Gasteiger partial charge in [-0.05, 0) is 43.4 Å². The highest BCUT2D eigenvalue weighted by atomic mass is 16.6. The van der Waals surface area contributed by atoms with Gasteiger partial charge in [-0.1, -0.05) is 6.08 Å². The van der Waals surface area contributed by atoms with Crippen LogP contribution in [0.5, 0.6) is 0 Å². The van der Waals surface area contributed by atoms with Crippen LogP contribution in [0.2, 0.25) is 0 Å². The normalized spacial score (nSPS) is 16.5. The molecule has 0 saturated heterocycles. The predicted octanol–water partition coefficient (Wildman–Crippen LogP) is 2.91. The van der Waals surface area contributed by atoms with Crippen molar-refractivity contribution in [2.24, 2.45) is 0 Å². The van der Waals surface area contributed by atoms with Crippen LogP contribution >= 0.6 is 0 Å². The van der Waals surface area contributed by atoms with Crippen molar-refractivity contribution in [3.05, 3.63) is 77.6 Å². The lowest BCUT2D eigenvalue weighted by Gasteiger charge is -2.03. The number of allylic oxidation sites excluding steroid dienone is 2. The van der Waals surface area contributed by atoms with E-state index in [2.05, 4.69) is 6.07 Å². The van der Waals surface area contributed by atoms with Crippen molar-refractivity contribution in [2.75, 3.05) is 0 Å². The summed E-state index contributed by atoms with van der Waals surface area (Å²) in [4.78, 5) is 10.1. The van der Waals surface area contributed by atoms with E-state index in [9.17, 15) is 10.1 Å². The molecule has 0 amide bonds. The van der Waals surface area contributed by atoms with E-state index in [0.717, 1.165) is 5.92 Å². The molecular weight excluding hydrogens is 228 g/mol. The number of nitriles is 1. The molecule has 0 atom stereocenters. The summed E-state index contributed by atoms with van der Waals surface area (Å²) in [6.45, 7) is 0. The van der Waals surface area contributed by atoms with Crippen LogP contribution in [-0.2, 0) is 0 Å². The maximum Gasteiger partial charge on any atom is 0.269 e. The second kappa shape index (κ2) is 5.46. The molecule has 1 aliphatic carbocycles. The fraction of sp³-hybridized carbons (Fsp3) is 0. The standard InChI is InChI=1S/C14H9N2O2/c15-10-13(9-11-3-1-2-4-11)12-5-7-14(8-6-12)16(17)18/h1-9H/b13-9+. The quantitative estimate of drug-likeness (QED) is 0.461. The van der Waals surface area contributed by atoms with E-state index in [-0.39, 0.29) is 5.69 Å². The topological polar surface area (TPSA) is 66.9 Å². The predicted molar refractivity (Wildman–Crippen MR) is 67.1 cm³/mol. The Morgan fingerprint density at radius 3 is 2.33 bits per heavy atom. The number of nitro benzene ring substituents is 1. The molecule has 18 heavy (non-hydrogen) atoms. The Bertz CT molecular complexity index is 506. The molecule has 1 fully saturated rings. The van der Waals surface area contributed by atoms with Gasteiger partial charge in [0.15, 0.2) is 0 Å². The molecule has 5 radical (unpaired) electrons. The van der Waals surface area contributed by atoms with E-state index in [0.29, 0.717) is 11.1 Å². The van der Waals surface area contributed by atoms with Gasteiger partial charge in [-0.2, -0.15) is 5.26 Å². The van der Waals surface area contributed by atoms with E-state index in [1.165, 1.54) is 12.1 Å². The highest BCUT2D eigenvalue weighted by Gasteiger charge is 2.16. The Balaban J connectivity index is 2.22. The zero-order valence-corrected chi connectivity index (χ0v) is 9.41. The van der Waals surface area contributed by atoms with Crippen LogP contribution in [0.4, 0.5) is 5.69 Å². The molecule has 0 aliphatic heterocycles. The molecule has 4 nitrogen and oxygen atoms in total.